The summed E-state index contributed by atoms with van der Waals surface area (Å²) >= 11 is 0. The quantitative estimate of drug-likeness (QED) is 0.911. The number of aromatic nitrogens is 2. The van der Waals surface area contributed by atoms with E-state index in [1.807, 2.05) is 18.3 Å². The molecule has 2 aliphatic rings. The fourth-order valence-corrected chi connectivity index (χ4v) is 2.89. The number of benzene rings is 1. The highest BCUT2D eigenvalue weighted by Gasteiger charge is 2.27. The van der Waals surface area contributed by atoms with Gasteiger partial charge in [0, 0.05) is 24.1 Å². The van der Waals surface area contributed by atoms with E-state index in [2.05, 4.69) is 41.3 Å². The van der Waals surface area contributed by atoms with Gasteiger partial charge in [0.2, 0.25) is 0 Å². The number of hydrogen-bond acceptors (Lipinski definition) is 5. The number of ether oxygens (including phenoxy) is 2. The van der Waals surface area contributed by atoms with Gasteiger partial charge < -0.3 is 14.8 Å². The summed E-state index contributed by atoms with van der Waals surface area (Å²) in [4.78, 5) is 9.01. The first-order valence-electron chi connectivity index (χ1n) is 8.59. The first kappa shape index (κ1) is 15.2. The number of nitrogens with one attached hydrogen (secondary N) is 1. The minimum absolute atomic E-state index is 0.0550. The Hall–Kier alpha value is -2.30. The van der Waals surface area contributed by atoms with Gasteiger partial charge in [0.15, 0.2) is 11.5 Å². The van der Waals surface area contributed by atoms with Crippen LogP contribution in [0.3, 0.4) is 0 Å². The fraction of sp³-hybridized carbons (Fsp3) is 0.474. The van der Waals surface area contributed by atoms with E-state index in [0.717, 1.165) is 29.7 Å². The zero-order valence-corrected chi connectivity index (χ0v) is 14.2. The molecule has 1 aliphatic carbocycles. The molecular weight excluding hydrogens is 302 g/mol. The van der Waals surface area contributed by atoms with Crippen molar-refractivity contribution >= 4 is 5.82 Å². The normalized spacial score (nSPS) is 16.8. The zero-order valence-electron chi connectivity index (χ0n) is 14.2. The lowest BCUT2D eigenvalue weighted by molar-refractivity contribution is 0.171. The molecule has 1 aliphatic heterocycles. The lowest BCUT2D eigenvalue weighted by Crippen LogP contribution is -2.28. The second-order valence-electron chi connectivity index (χ2n) is 7.17. The molecule has 24 heavy (non-hydrogen) atoms. The van der Waals surface area contributed by atoms with Gasteiger partial charge in [-0.1, -0.05) is 19.9 Å². The monoisotopic (exact) mass is 325 g/mol. The number of hydrogen-bond donors (Lipinski definition) is 1. The van der Waals surface area contributed by atoms with E-state index in [0.29, 0.717) is 19.1 Å². The van der Waals surface area contributed by atoms with Crippen molar-refractivity contribution in [1.82, 2.24) is 9.97 Å². The van der Waals surface area contributed by atoms with Crippen molar-refractivity contribution in [2.24, 2.45) is 0 Å². The van der Waals surface area contributed by atoms with Crippen LogP contribution < -0.4 is 14.8 Å². The molecule has 1 N–H and O–H groups in total. The highest BCUT2D eigenvalue weighted by Crippen LogP contribution is 2.38. The summed E-state index contributed by atoms with van der Waals surface area (Å²) in [7, 11) is 0. The van der Waals surface area contributed by atoms with Crippen LogP contribution in [0.2, 0.25) is 0 Å². The molecule has 1 aromatic carbocycles. The van der Waals surface area contributed by atoms with Crippen LogP contribution in [0.15, 0.2) is 30.5 Å². The molecule has 5 nitrogen and oxygen atoms in total. The van der Waals surface area contributed by atoms with Crippen molar-refractivity contribution in [3.63, 3.8) is 0 Å². The molecule has 0 unspecified atom stereocenters. The minimum Gasteiger partial charge on any atom is -0.486 e. The van der Waals surface area contributed by atoms with Crippen LogP contribution in [0, 0.1) is 0 Å². The molecule has 1 aromatic heterocycles. The third-order valence-corrected chi connectivity index (χ3v) is 4.65. The predicted octanol–water partition coefficient (Wildman–Crippen LogP) is 3.51. The fourth-order valence-electron chi connectivity index (χ4n) is 2.89. The van der Waals surface area contributed by atoms with E-state index in [1.165, 1.54) is 18.4 Å². The highest BCUT2D eigenvalue weighted by molar-refractivity contribution is 5.46. The summed E-state index contributed by atoms with van der Waals surface area (Å²) in [5.74, 6) is 4.11. The van der Waals surface area contributed by atoms with Crippen molar-refractivity contribution in [3.05, 3.63) is 41.9 Å². The van der Waals surface area contributed by atoms with Crippen LogP contribution in [0.1, 0.15) is 44.0 Å². The van der Waals surface area contributed by atoms with E-state index < -0.39 is 0 Å². The third-order valence-electron chi connectivity index (χ3n) is 4.65. The first-order valence-corrected chi connectivity index (χ1v) is 8.59. The van der Waals surface area contributed by atoms with Gasteiger partial charge in [-0.05, 0) is 36.6 Å². The Labute approximate surface area is 142 Å². The molecule has 126 valence electrons. The minimum atomic E-state index is -0.0550. The number of anilines is 1. The molecule has 1 saturated carbocycles. The summed E-state index contributed by atoms with van der Waals surface area (Å²) < 4.78 is 11.3. The van der Waals surface area contributed by atoms with E-state index in [9.17, 15) is 0 Å². The average molecular weight is 325 g/mol. The van der Waals surface area contributed by atoms with Crippen molar-refractivity contribution in [2.45, 2.75) is 38.0 Å². The van der Waals surface area contributed by atoms with Crippen molar-refractivity contribution < 1.29 is 9.47 Å². The molecule has 0 spiro atoms. The van der Waals surface area contributed by atoms with Crippen LogP contribution in [-0.4, -0.2) is 29.7 Å². The number of fused-ring (bicyclic) bond motifs is 1. The maximum Gasteiger partial charge on any atom is 0.161 e. The standard InChI is InChI=1S/C19H23N3O2/c1-19(2,14-5-6-15-16(11-14)24-10-9-23-15)12-21-17-7-8-20-18(22-17)13-3-4-13/h5-8,11,13H,3-4,9-10,12H2,1-2H3,(H,20,21,22). The van der Waals surface area contributed by atoms with Gasteiger partial charge in [0.1, 0.15) is 24.9 Å². The SMILES string of the molecule is CC(C)(CNc1ccnc(C2CC2)n1)c1ccc2c(c1)OCCO2. The first-order chi connectivity index (χ1) is 11.6. The van der Waals surface area contributed by atoms with E-state index in [-0.39, 0.29) is 5.41 Å². The van der Waals surface area contributed by atoms with Gasteiger partial charge in [0.25, 0.3) is 0 Å². The molecule has 4 rings (SSSR count). The van der Waals surface area contributed by atoms with Gasteiger partial charge >= 0.3 is 0 Å². The van der Waals surface area contributed by atoms with E-state index in [1.54, 1.807) is 0 Å². The summed E-state index contributed by atoms with van der Waals surface area (Å²) in [6.45, 7) is 6.45. The van der Waals surface area contributed by atoms with Gasteiger partial charge in [-0.15, -0.1) is 0 Å². The molecular formula is C19H23N3O2. The van der Waals surface area contributed by atoms with Gasteiger partial charge in [-0.25, -0.2) is 9.97 Å². The molecule has 0 atom stereocenters. The molecule has 2 aromatic rings. The molecule has 0 radical (unpaired) electrons. The summed E-state index contributed by atoms with van der Waals surface area (Å²) in [5, 5.41) is 3.46. The molecule has 0 amide bonds. The second-order valence-corrected chi connectivity index (χ2v) is 7.17. The zero-order chi connectivity index (χ0) is 16.6. The van der Waals surface area contributed by atoms with E-state index in [4.69, 9.17) is 9.47 Å². The smallest absolute Gasteiger partial charge is 0.161 e. The molecule has 2 heterocycles. The van der Waals surface area contributed by atoms with Crippen LogP contribution in [0.4, 0.5) is 5.82 Å². The average Bonchev–Trinajstić information content (AvgIpc) is 3.45. The molecule has 0 bridgehead atoms. The van der Waals surface area contributed by atoms with E-state index >= 15 is 0 Å². The number of nitrogens with zero attached hydrogens (tertiary/aromatic N) is 2. The maximum atomic E-state index is 5.71. The van der Waals surface area contributed by atoms with Crippen LogP contribution >= 0.6 is 0 Å². The summed E-state index contributed by atoms with van der Waals surface area (Å²) in [5.41, 5.74) is 1.16. The Balaban J connectivity index is 1.47. The van der Waals surface area contributed by atoms with Crippen molar-refractivity contribution in [3.8, 4) is 11.5 Å². The van der Waals surface area contributed by atoms with Crippen molar-refractivity contribution in [1.29, 1.82) is 0 Å². The Morgan fingerprint density at radius 3 is 2.71 bits per heavy atom. The highest BCUT2D eigenvalue weighted by atomic mass is 16.6. The third kappa shape index (κ3) is 3.16. The number of rotatable bonds is 5. The Kier molecular flexibility index (Phi) is 3.79. The van der Waals surface area contributed by atoms with Crippen molar-refractivity contribution in [2.75, 3.05) is 25.1 Å². The lowest BCUT2D eigenvalue weighted by Gasteiger charge is -2.28. The predicted molar refractivity (Wildman–Crippen MR) is 93.0 cm³/mol. The molecule has 1 fully saturated rings. The largest absolute Gasteiger partial charge is 0.486 e. The van der Waals surface area contributed by atoms with Gasteiger partial charge in [0.05, 0.1) is 0 Å². The summed E-state index contributed by atoms with van der Waals surface area (Å²) in [6.07, 6.45) is 4.28. The Bertz CT molecular complexity index is 741. The van der Waals surface area contributed by atoms with Crippen LogP contribution in [-0.2, 0) is 5.41 Å². The topological polar surface area (TPSA) is 56.3 Å². The van der Waals surface area contributed by atoms with Gasteiger partial charge in [-0.3, -0.25) is 0 Å². The second kappa shape index (κ2) is 5.96. The maximum absolute atomic E-state index is 5.71. The lowest BCUT2D eigenvalue weighted by atomic mass is 9.84. The summed E-state index contributed by atoms with van der Waals surface area (Å²) in [6, 6.07) is 8.14. The molecule has 0 saturated heterocycles. The Morgan fingerprint density at radius 2 is 1.92 bits per heavy atom. The van der Waals surface area contributed by atoms with Gasteiger partial charge in [-0.2, -0.15) is 0 Å². The Morgan fingerprint density at radius 1 is 1.12 bits per heavy atom. The van der Waals surface area contributed by atoms with Crippen LogP contribution in [0.5, 0.6) is 11.5 Å². The van der Waals surface area contributed by atoms with Crippen LogP contribution in [0.25, 0.3) is 0 Å². The molecule has 5 heteroatoms.